The summed E-state index contributed by atoms with van der Waals surface area (Å²) < 4.78 is 4.70. The molecule has 0 aliphatic rings. The molecule has 0 aliphatic heterocycles. The van der Waals surface area contributed by atoms with Gasteiger partial charge in [0, 0.05) is 11.6 Å². The van der Waals surface area contributed by atoms with Gasteiger partial charge in [-0.3, -0.25) is 5.10 Å². The van der Waals surface area contributed by atoms with Crippen LogP contribution in [0.3, 0.4) is 0 Å². The van der Waals surface area contributed by atoms with E-state index in [0.29, 0.717) is 5.56 Å². The number of carbonyl (C=O) groups excluding carboxylic acids is 1. The maximum Gasteiger partial charge on any atom is 0.337 e. The Morgan fingerprint density at radius 3 is 2.84 bits per heavy atom. The molecule has 0 saturated carbocycles. The molecule has 2 aromatic heterocycles. The summed E-state index contributed by atoms with van der Waals surface area (Å²) in [6.45, 7) is 0. The molecule has 5 heteroatoms. The second kappa shape index (κ2) is 4.53. The van der Waals surface area contributed by atoms with Crippen molar-refractivity contribution in [3.8, 4) is 11.4 Å². The van der Waals surface area contributed by atoms with Crippen molar-refractivity contribution in [2.24, 2.45) is 0 Å². The number of rotatable bonds is 2. The second-order valence-electron chi connectivity index (χ2n) is 4.07. The Morgan fingerprint density at radius 2 is 2.11 bits per heavy atom. The Balaban J connectivity index is 2.08. The zero-order valence-corrected chi connectivity index (χ0v) is 10.3. The predicted octanol–water partition coefficient (Wildman–Crippen LogP) is 2.41. The fourth-order valence-electron chi connectivity index (χ4n) is 1.92. The van der Waals surface area contributed by atoms with Crippen LogP contribution in [0, 0.1) is 0 Å². The average Bonchev–Trinajstić information content (AvgIpc) is 2.99. The van der Waals surface area contributed by atoms with Crippen LogP contribution in [0.4, 0.5) is 0 Å². The number of hydrogen-bond acceptors (Lipinski definition) is 4. The van der Waals surface area contributed by atoms with Crippen LogP contribution >= 0.6 is 0 Å². The Hall–Kier alpha value is -2.69. The van der Waals surface area contributed by atoms with E-state index < -0.39 is 0 Å². The molecule has 94 valence electrons. The molecule has 0 amide bonds. The van der Waals surface area contributed by atoms with Crippen LogP contribution in [0.25, 0.3) is 22.3 Å². The minimum Gasteiger partial charge on any atom is -0.465 e. The molecule has 0 bridgehead atoms. The van der Waals surface area contributed by atoms with Gasteiger partial charge in [0.15, 0.2) is 0 Å². The molecular weight excluding hydrogens is 242 g/mol. The van der Waals surface area contributed by atoms with Crippen molar-refractivity contribution in [3.63, 3.8) is 0 Å². The van der Waals surface area contributed by atoms with E-state index in [4.69, 9.17) is 4.74 Å². The molecule has 3 aromatic rings. The molecule has 0 aliphatic carbocycles. The predicted molar refractivity (Wildman–Crippen MR) is 70.7 cm³/mol. The van der Waals surface area contributed by atoms with Crippen molar-refractivity contribution >= 4 is 16.9 Å². The maximum atomic E-state index is 11.5. The number of aromatic amines is 1. The fourth-order valence-corrected chi connectivity index (χ4v) is 1.92. The van der Waals surface area contributed by atoms with Crippen LogP contribution in [-0.2, 0) is 4.74 Å². The van der Waals surface area contributed by atoms with Crippen LogP contribution in [0.5, 0.6) is 0 Å². The number of pyridine rings is 1. The summed E-state index contributed by atoms with van der Waals surface area (Å²) in [7, 11) is 1.37. The van der Waals surface area contributed by atoms with Crippen LogP contribution in [0.2, 0.25) is 0 Å². The van der Waals surface area contributed by atoms with E-state index in [1.54, 1.807) is 24.4 Å². The summed E-state index contributed by atoms with van der Waals surface area (Å²) in [6.07, 6.45) is 1.68. The lowest BCUT2D eigenvalue weighted by Crippen LogP contribution is -2.00. The quantitative estimate of drug-likeness (QED) is 0.712. The number of nitrogens with one attached hydrogen (secondary N) is 1. The molecule has 0 fully saturated rings. The second-order valence-corrected chi connectivity index (χ2v) is 4.07. The zero-order valence-electron chi connectivity index (χ0n) is 10.3. The Bertz CT molecular complexity index is 736. The minimum atomic E-state index is -0.348. The first kappa shape index (κ1) is 11.4. The first-order chi connectivity index (χ1) is 9.28. The smallest absolute Gasteiger partial charge is 0.337 e. The first-order valence-corrected chi connectivity index (χ1v) is 5.77. The van der Waals surface area contributed by atoms with Gasteiger partial charge in [-0.2, -0.15) is 5.10 Å². The van der Waals surface area contributed by atoms with Gasteiger partial charge in [-0.15, -0.1) is 0 Å². The van der Waals surface area contributed by atoms with Crippen LogP contribution in [-0.4, -0.2) is 28.3 Å². The summed E-state index contributed by atoms with van der Waals surface area (Å²) in [5.41, 5.74) is 3.01. The molecular formula is C14H11N3O2. The third-order valence-corrected chi connectivity index (χ3v) is 2.89. The molecule has 1 aromatic carbocycles. The Labute approximate surface area is 109 Å². The highest BCUT2D eigenvalue weighted by molar-refractivity contribution is 5.94. The van der Waals surface area contributed by atoms with Crippen molar-refractivity contribution in [1.29, 1.82) is 0 Å². The number of fused-ring (bicyclic) bond motifs is 1. The van der Waals surface area contributed by atoms with Gasteiger partial charge in [-0.1, -0.05) is 6.07 Å². The van der Waals surface area contributed by atoms with Crippen LogP contribution in [0.15, 0.2) is 42.6 Å². The molecule has 0 atom stereocenters. The highest BCUT2D eigenvalue weighted by atomic mass is 16.5. The van der Waals surface area contributed by atoms with E-state index in [1.165, 1.54) is 7.11 Å². The number of H-pyrrole nitrogens is 1. The van der Waals surface area contributed by atoms with Crippen molar-refractivity contribution in [3.05, 3.63) is 48.2 Å². The molecule has 19 heavy (non-hydrogen) atoms. The van der Waals surface area contributed by atoms with Gasteiger partial charge in [-0.05, 0) is 30.3 Å². The Morgan fingerprint density at radius 1 is 1.21 bits per heavy atom. The molecule has 0 radical (unpaired) electrons. The van der Waals surface area contributed by atoms with E-state index in [9.17, 15) is 4.79 Å². The number of aromatic nitrogens is 3. The van der Waals surface area contributed by atoms with Gasteiger partial charge < -0.3 is 4.74 Å². The highest BCUT2D eigenvalue weighted by Gasteiger charge is 2.07. The number of nitrogens with zero attached hydrogens (tertiary/aromatic N) is 2. The number of carbonyl (C=O) groups is 1. The van der Waals surface area contributed by atoms with E-state index >= 15 is 0 Å². The summed E-state index contributed by atoms with van der Waals surface area (Å²) in [5.74, 6) is -0.348. The standard InChI is InChI=1S/C14H11N3O2/c1-19-14(18)10-3-4-11-9(8-10)2-5-12(16-11)13-6-7-15-17-13/h2-8H,1H3,(H,15,17). The van der Waals surface area contributed by atoms with E-state index in [1.807, 2.05) is 18.2 Å². The third kappa shape index (κ3) is 2.06. The first-order valence-electron chi connectivity index (χ1n) is 5.77. The molecule has 1 N–H and O–H groups in total. The van der Waals surface area contributed by atoms with Gasteiger partial charge >= 0.3 is 5.97 Å². The van der Waals surface area contributed by atoms with Gasteiger partial charge in [-0.25, -0.2) is 9.78 Å². The summed E-state index contributed by atoms with van der Waals surface area (Å²) in [5, 5.41) is 7.67. The minimum absolute atomic E-state index is 0.348. The van der Waals surface area contributed by atoms with Gasteiger partial charge in [0.05, 0.1) is 29.6 Å². The highest BCUT2D eigenvalue weighted by Crippen LogP contribution is 2.20. The lowest BCUT2D eigenvalue weighted by atomic mass is 10.1. The number of hydrogen-bond donors (Lipinski definition) is 1. The zero-order chi connectivity index (χ0) is 13.2. The van der Waals surface area contributed by atoms with Gasteiger partial charge in [0.25, 0.3) is 0 Å². The average molecular weight is 253 g/mol. The van der Waals surface area contributed by atoms with E-state index in [-0.39, 0.29) is 5.97 Å². The van der Waals surface area contributed by atoms with E-state index in [0.717, 1.165) is 22.3 Å². The monoisotopic (exact) mass is 253 g/mol. The number of benzene rings is 1. The summed E-state index contributed by atoms with van der Waals surface area (Å²) in [4.78, 5) is 16.0. The van der Waals surface area contributed by atoms with Gasteiger partial charge in [0.2, 0.25) is 0 Å². The van der Waals surface area contributed by atoms with Crippen LogP contribution in [0.1, 0.15) is 10.4 Å². The molecule has 0 unspecified atom stereocenters. The SMILES string of the molecule is COC(=O)c1ccc2nc(-c3ccn[nH]3)ccc2c1. The maximum absolute atomic E-state index is 11.5. The summed E-state index contributed by atoms with van der Waals surface area (Å²) in [6, 6.07) is 10.9. The van der Waals surface area contributed by atoms with Crippen molar-refractivity contribution < 1.29 is 9.53 Å². The van der Waals surface area contributed by atoms with Crippen molar-refractivity contribution in [2.45, 2.75) is 0 Å². The fraction of sp³-hybridized carbons (Fsp3) is 0.0714. The van der Waals surface area contributed by atoms with Crippen molar-refractivity contribution in [1.82, 2.24) is 15.2 Å². The van der Waals surface area contributed by atoms with Gasteiger partial charge in [0.1, 0.15) is 0 Å². The molecule has 3 rings (SSSR count). The third-order valence-electron chi connectivity index (χ3n) is 2.89. The lowest BCUT2D eigenvalue weighted by molar-refractivity contribution is 0.0601. The molecule has 5 nitrogen and oxygen atoms in total. The molecule has 0 saturated heterocycles. The molecule has 0 spiro atoms. The number of methoxy groups -OCH3 is 1. The van der Waals surface area contributed by atoms with Crippen molar-refractivity contribution in [2.75, 3.05) is 7.11 Å². The number of ether oxygens (including phenoxy) is 1. The summed E-state index contributed by atoms with van der Waals surface area (Å²) >= 11 is 0. The molecule has 2 heterocycles. The van der Waals surface area contributed by atoms with Crippen LogP contribution < -0.4 is 0 Å². The number of esters is 1. The topological polar surface area (TPSA) is 67.9 Å². The normalized spacial score (nSPS) is 10.6. The Kier molecular flexibility index (Phi) is 2.72. The lowest BCUT2D eigenvalue weighted by Gasteiger charge is -2.03. The van der Waals surface area contributed by atoms with E-state index in [2.05, 4.69) is 15.2 Å². The largest absolute Gasteiger partial charge is 0.465 e.